The van der Waals surface area contributed by atoms with Gasteiger partial charge in [0.05, 0.1) is 18.3 Å². The Morgan fingerprint density at radius 1 is 1.00 bits per heavy atom. The van der Waals surface area contributed by atoms with E-state index in [1.54, 1.807) is 29.4 Å². The quantitative estimate of drug-likeness (QED) is 0.355. The van der Waals surface area contributed by atoms with E-state index in [2.05, 4.69) is 5.32 Å². The molecule has 6 rings (SSSR count). The number of benzene rings is 2. The van der Waals surface area contributed by atoms with Gasteiger partial charge in [0.15, 0.2) is 11.1 Å². The van der Waals surface area contributed by atoms with Crippen LogP contribution in [0.1, 0.15) is 60.1 Å². The van der Waals surface area contributed by atoms with Crippen molar-refractivity contribution in [3.05, 3.63) is 95.6 Å². The van der Waals surface area contributed by atoms with E-state index in [4.69, 9.17) is 4.42 Å². The fourth-order valence-corrected chi connectivity index (χ4v) is 5.94. The van der Waals surface area contributed by atoms with Crippen molar-refractivity contribution >= 4 is 22.9 Å². The van der Waals surface area contributed by atoms with Crippen molar-refractivity contribution in [2.24, 2.45) is 0 Å². The van der Waals surface area contributed by atoms with Gasteiger partial charge in [0.25, 0.3) is 11.8 Å². The number of halogens is 1. The number of carbonyl (C=O) groups excluding carboxylic acids is 2. The zero-order chi connectivity index (χ0) is 25.4. The lowest BCUT2D eigenvalue weighted by Crippen LogP contribution is -2.63. The van der Waals surface area contributed by atoms with E-state index < -0.39 is 5.54 Å². The molecule has 0 spiro atoms. The average molecular weight is 500 g/mol. The normalized spacial score (nSPS) is 20.6. The fraction of sp³-hybridized carbons (Fsp3) is 0.333. The standard InChI is InChI=1S/C30H30FN3O3/c31-23-14-12-21(13-15-23)19-34-28(35)26-18-27-25(16-17-37-27)33(26)20-30(34,22-8-4-3-5-9-22)29(36)32-24-10-6-1-2-7-11-24/h3-5,8-9,12-18,24H,1-2,6-7,10-11,19-20H2,(H,32,36)/t30-/m0/s1. The van der Waals surface area contributed by atoms with Gasteiger partial charge in [0, 0.05) is 24.7 Å². The van der Waals surface area contributed by atoms with Crippen LogP contribution in [0.25, 0.3) is 11.1 Å². The predicted molar refractivity (Wildman–Crippen MR) is 138 cm³/mol. The first-order chi connectivity index (χ1) is 18.1. The summed E-state index contributed by atoms with van der Waals surface area (Å²) in [6, 6.07) is 19.3. The second kappa shape index (κ2) is 9.54. The predicted octanol–water partition coefficient (Wildman–Crippen LogP) is 5.76. The molecule has 6 nitrogen and oxygen atoms in total. The van der Waals surface area contributed by atoms with Gasteiger partial charge in [-0.2, -0.15) is 0 Å². The molecule has 0 unspecified atom stereocenters. The lowest BCUT2D eigenvalue weighted by Gasteiger charge is -2.47. The zero-order valence-corrected chi connectivity index (χ0v) is 20.7. The first kappa shape index (κ1) is 23.5. The topological polar surface area (TPSA) is 67.5 Å². The van der Waals surface area contributed by atoms with Crippen molar-refractivity contribution in [1.29, 1.82) is 0 Å². The lowest BCUT2D eigenvalue weighted by molar-refractivity contribution is -0.136. The van der Waals surface area contributed by atoms with Gasteiger partial charge in [-0.3, -0.25) is 9.59 Å². The molecule has 7 heteroatoms. The highest BCUT2D eigenvalue weighted by Crippen LogP contribution is 2.40. The Morgan fingerprint density at radius 3 is 2.46 bits per heavy atom. The summed E-state index contributed by atoms with van der Waals surface area (Å²) in [5.74, 6) is -0.790. The molecule has 3 heterocycles. The lowest BCUT2D eigenvalue weighted by atomic mass is 9.83. The number of carbonyl (C=O) groups is 2. The molecule has 0 saturated heterocycles. The van der Waals surface area contributed by atoms with Crippen LogP contribution >= 0.6 is 0 Å². The number of furan rings is 1. The Morgan fingerprint density at radius 2 is 1.73 bits per heavy atom. The molecule has 1 atom stereocenters. The van der Waals surface area contributed by atoms with Crippen LogP contribution in [0.15, 0.2) is 77.4 Å². The first-order valence-corrected chi connectivity index (χ1v) is 13.1. The third kappa shape index (κ3) is 4.12. The van der Waals surface area contributed by atoms with Gasteiger partial charge in [-0.15, -0.1) is 0 Å². The van der Waals surface area contributed by atoms with Crippen molar-refractivity contribution in [2.45, 2.75) is 63.2 Å². The van der Waals surface area contributed by atoms with Crippen molar-refractivity contribution in [2.75, 3.05) is 0 Å². The van der Waals surface area contributed by atoms with Gasteiger partial charge in [-0.05, 0) is 36.1 Å². The maximum Gasteiger partial charge on any atom is 0.272 e. The molecule has 2 aromatic carbocycles. The van der Waals surface area contributed by atoms with Gasteiger partial charge in [-0.1, -0.05) is 68.1 Å². The molecule has 2 aliphatic rings. The first-order valence-electron chi connectivity index (χ1n) is 13.1. The van der Waals surface area contributed by atoms with Gasteiger partial charge in [-0.25, -0.2) is 4.39 Å². The van der Waals surface area contributed by atoms with E-state index in [1.165, 1.54) is 25.0 Å². The Hall–Kier alpha value is -3.87. The molecule has 1 saturated carbocycles. The minimum atomic E-state index is -1.30. The van der Waals surface area contributed by atoms with Crippen molar-refractivity contribution in [3.8, 4) is 0 Å². The maximum absolute atomic E-state index is 14.5. The molecule has 0 radical (unpaired) electrons. The van der Waals surface area contributed by atoms with Gasteiger partial charge >= 0.3 is 0 Å². The molecule has 1 fully saturated rings. The molecule has 1 aliphatic carbocycles. The van der Waals surface area contributed by atoms with Gasteiger partial charge in [0.1, 0.15) is 11.5 Å². The summed E-state index contributed by atoms with van der Waals surface area (Å²) in [7, 11) is 0. The van der Waals surface area contributed by atoms with E-state index in [0.29, 0.717) is 11.3 Å². The monoisotopic (exact) mass is 499 g/mol. The van der Waals surface area contributed by atoms with E-state index in [1.807, 2.05) is 41.0 Å². The number of fused-ring (bicyclic) bond motifs is 3. The number of rotatable bonds is 5. The number of aromatic nitrogens is 1. The SMILES string of the molecule is O=C1c2cc3occc3n2C[C@@](C(=O)NC2CCCCCC2)(c2ccccc2)N1Cc1ccc(F)cc1. The number of hydrogen-bond donors (Lipinski definition) is 1. The maximum atomic E-state index is 14.5. The van der Waals surface area contributed by atoms with Crippen molar-refractivity contribution < 1.29 is 18.4 Å². The number of amides is 2. The number of hydrogen-bond acceptors (Lipinski definition) is 3. The molecule has 0 bridgehead atoms. The minimum Gasteiger partial charge on any atom is -0.463 e. The molecule has 2 amide bonds. The molecular formula is C30H30FN3O3. The number of nitrogens with zero attached hydrogens (tertiary/aromatic N) is 2. The number of nitrogens with one attached hydrogen (secondary N) is 1. The molecular weight excluding hydrogens is 469 g/mol. The Labute approximate surface area is 215 Å². The summed E-state index contributed by atoms with van der Waals surface area (Å²) in [6.45, 7) is 0.416. The molecule has 4 aromatic rings. The van der Waals surface area contributed by atoms with Crippen molar-refractivity contribution in [1.82, 2.24) is 14.8 Å². The van der Waals surface area contributed by atoms with Gasteiger partial charge in [0.2, 0.25) is 0 Å². The highest BCUT2D eigenvalue weighted by molar-refractivity contribution is 6.03. The summed E-state index contributed by atoms with van der Waals surface area (Å²) in [4.78, 5) is 30.4. The second-order valence-electron chi connectivity index (χ2n) is 10.2. The van der Waals surface area contributed by atoms with E-state index in [0.717, 1.165) is 42.3 Å². The largest absolute Gasteiger partial charge is 0.463 e. The summed E-state index contributed by atoms with van der Waals surface area (Å²) in [5, 5.41) is 3.35. The van der Waals surface area contributed by atoms with Gasteiger partial charge < -0.3 is 19.2 Å². The van der Waals surface area contributed by atoms with Crippen LogP contribution in [0.2, 0.25) is 0 Å². The van der Waals surface area contributed by atoms with Crippen LogP contribution in [-0.2, 0) is 23.4 Å². The Bertz CT molecular complexity index is 1420. The van der Waals surface area contributed by atoms with Crippen LogP contribution in [0.3, 0.4) is 0 Å². The van der Waals surface area contributed by atoms with Crippen LogP contribution < -0.4 is 5.32 Å². The van der Waals surface area contributed by atoms with Crippen LogP contribution in [0, 0.1) is 5.82 Å². The van der Waals surface area contributed by atoms with E-state index in [-0.39, 0.29) is 36.8 Å². The zero-order valence-electron chi connectivity index (χ0n) is 20.7. The van der Waals surface area contributed by atoms with Crippen molar-refractivity contribution in [3.63, 3.8) is 0 Å². The summed E-state index contributed by atoms with van der Waals surface area (Å²) < 4.78 is 21.2. The van der Waals surface area contributed by atoms with E-state index in [9.17, 15) is 14.0 Å². The molecule has 1 aliphatic heterocycles. The third-order valence-electron chi connectivity index (χ3n) is 7.91. The summed E-state index contributed by atoms with van der Waals surface area (Å²) in [6.07, 6.45) is 7.99. The average Bonchev–Trinajstić information content (AvgIpc) is 3.41. The smallest absolute Gasteiger partial charge is 0.272 e. The summed E-state index contributed by atoms with van der Waals surface area (Å²) in [5.41, 5.74) is 2.07. The van der Waals surface area contributed by atoms with Crippen LogP contribution in [0.5, 0.6) is 0 Å². The Kier molecular flexibility index (Phi) is 6.07. The molecule has 37 heavy (non-hydrogen) atoms. The third-order valence-corrected chi connectivity index (χ3v) is 7.91. The Balaban J connectivity index is 1.51. The second-order valence-corrected chi connectivity index (χ2v) is 10.2. The van der Waals surface area contributed by atoms with E-state index >= 15 is 0 Å². The molecule has 190 valence electrons. The highest BCUT2D eigenvalue weighted by Gasteiger charge is 2.53. The highest BCUT2D eigenvalue weighted by atomic mass is 19.1. The van der Waals surface area contributed by atoms with Crippen LogP contribution in [0.4, 0.5) is 4.39 Å². The fourth-order valence-electron chi connectivity index (χ4n) is 5.94. The molecule has 2 aromatic heterocycles. The summed E-state index contributed by atoms with van der Waals surface area (Å²) >= 11 is 0. The molecule has 1 N–H and O–H groups in total. The minimum absolute atomic E-state index is 0.0679. The van der Waals surface area contributed by atoms with Crippen LogP contribution in [-0.4, -0.2) is 27.3 Å².